The van der Waals surface area contributed by atoms with Gasteiger partial charge < -0.3 is 10.2 Å². The van der Waals surface area contributed by atoms with Gasteiger partial charge in [0.2, 0.25) is 0 Å². The van der Waals surface area contributed by atoms with E-state index >= 15 is 0 Å². The fourth-order valence-electron chi connectivity index (χ4n) is 1.60. The Morgan fingerprint density at radius 2 is 2.12 bits per heavy atom. The molecule has 0 aromatic carbocycles. The molecule has 88 valence electrons. The highest BCUT2D eigenvalue weighted by Crippen LogP contribution is 2.29. The van der Waals surface area contributed by atoms with Crippen molar-refractivity contribution in [2.45, 2.75) is 0 Å². The first-order chi connectivity index (χ1) is 7.72. The molecule has 0 amide bonds. The molecule has 5 nitrogen and oxygen atoms in total. The van der Waals surface area contributed by atoms with Crippen molar-refractivity contribution in [3.05, 3.63) is 10.8 Å². The molecular weight excluding hydrogens is 292 g/mol. The Labute approximate surface area is 105 Å². The number of aromatic nitrogens is 2. The molecule has 1 N–H and O–H groups in total. The number of nitrogens with one attached hydrogen (secondary N) is 1. The zero-order valence-electron chi connectivity index (χ0n) is 8.94. The minimum absolute atomic E-state index is 0.664. The quantitative estimate of drug-likeness (QED) is 0.878. The Morgan fingerprint density at radius 3 is 2.75 bits per heavy atom. The van der Waals surface area contributed by atoms with E-state index in [4.69, 9.17) is 0 Å². The summed E-state index contributed by atoms with van der Waals surface area (Å²) < 4.78 is 12.1. The van der Waals surface area contributed by atoms with E-state index in [1.807, 2.05) is 7.05 Å². The Morgan fingerprint density at radius 1 is 1.44 bits per heavy atom. The smallest absolute Gasteiger partial charge is 0.148 e. The molecule has 1 aromatic rings. The predicted molar refractivity (Wildman–Crippen MR) is 69.4 cm³/mol. The Bertz CT molecular complexity index is 404. The summed E-state index contributed by atoms with van der Waals surface area (Å²) in [4.78, 5) is 10.5. The van der Waals surface area contributed by atoms with Gasteiger partial charge in [0.15, 0.2) is 0 Å². The molecular formula is C9H13BrN4OS. The molecule has 1 aliphatic rings. The summed E-state index contributed by atoms with van der Waals surface area (Å²) >= 11 is 3.49. The normalized spacial score (nSPS) is 17.5. The third kappa shape index (κ3) is 2.35. The van der Waals surface area contributed by atoms with Crippen LogP contribution >= 0.6 is 15.9 Å². The summed E-state index contributed by atoms with van der Waals surface area (Å²) in [6.07, 6.45) is 1.54. The van der Waals surface area contributed by atoms with Gasteiger partial charge in [-0.25, -0.2) is 9.97 Å². The zero-order chi connectivity index (χ0) is 11.5. The average Bonchev–Trinajstić information content (AvgIpc) is 2.31. The summed E-state index contributed by atoms with van der Waals surface area (Å²) in [5.41, 5.74) is 0. The average molecular weight is 305 g/mol. The van der Waals surface area contributed by atoms with Crippen LogP contribution in [0.4, 0.5) is 11.6 Å². The summed E-state index contributed by atoms with van der Waals surface area (Å²) in [6, 6.07) is 0. The third-order valence-electron chi connectivity index (χ3n) is 2.49. The maximum Gasteiger partial charge on any atom is 0.148 e. The van der Waals surface area contributed by atoms with Crippen molar-refractivity contribution in [1.29, 1.82) is 0 Å². The molecule has 0 atom stereocenters. The fraction of sp³-hybridized carbons (Fsp3) is 0.556. The van der Waals surface area contributed by atoms with E-state index < -0.39 is 10.8 Å². The first-order valence-electron chi connectivity index (χ1n) is 5.00. The highest BCUT2D eigenvalue weighted by atomic mass is 79.9. The Balaban J connectivity index is 2.23. The van der Waals surface area contributed by atoms with Crippen LogP contribution in [0, 0.1) is 0 Å². The molecule has 0 spiro atoms. The van der Waals surface area contributed by atoms with Crippen LogP contribution in [0.2, 0.25) is 0 Å². The molecule has 0 saturated carbocycles. The van der Waals surface area contributed by atoms with Crippen LogP contribution in [0.5, 0.6) is 0 Å². The number of nitrogens with zero attached hydrogens (tertiary/aromatic N) is 3. The first kappa shape index (κ1) is 11.8. The van der Waals surface area contributed by atoms with Crippen LogP contribution in [-0.2, 0) is 10.8 Å². The van der Waals surface area contributed by atoms with Crippen molar-refractivity contribution >= 4 is 38.4 Å². The van der Waals surface area contributed by atoms with E-state index in [2.05, 4.69) is 36.1 Å². The van der Waals surface area contributed by atoms with Crippen molar-refractivity contribution in [1.82, 2.24) is 9.97 Å². The molecule has 2 heterocycles. The second-order valence-corrected chi connectivity index (χ2v) is 5.93. The van der Waals surface area contributed by atoms with Crippen LogP contribution in [0.15, 0.2) is 10.8 Å². The number of hydrogen-bond donors (Lipinski definition) is 1. The SMILES string of the molecule is CNc1ncnc(N2CCS(=O)CC2)c1Br. The molecule has 0 bridgehead atoms. The van der Waals surface area contributed by atoms with Crippen molar-refractivity contribution < 1.29 is 4.21 Å². The summed E-state index contributed by atoms with van der Waals surface area (Å²) in [5.74, 6) is 3.07. The second kappa shape index (κ2) is 5.09. The lowest BCUT2D eigenvalue weighted by atomic mass is 10.4. The van der Waals surface area contributed by atoms with E-state index in [-0.39, 0.29) is 0 Å². The lowest BCUT2D eigenvalue weighted by Crippen LogP contribution is -2.38. The molecule has 16 heavy (non-hydrogen) atoms. The number of halogens is 1. The van der Waals surface area contributed by atoms with Gasteiger partial charge in [0.25, 0.3) is 0 Å². The maximum absolute atomic E-state index is 11.3. The van der Waals surface area contributed by atoms with E-state index in [1.54, 1.807) is 0 Å². The standard InChI is InChI=1S/C9H13BrN4OS/c1-11-8-7(10)9(13-6-12-8)14-2-4-16(15)5-3-14/h6H,2-5H2,1H3,(H,11,12,13). The third-order valence-corrected chi connectivity index (χ3v) is 4.49. The Kier molecular flexibility index (Phi) is 3.75. The fourth-order valence-corrected chi connectivity index (χ4v) is 3.31. The largest absolute Gasteiger partial charge is 0.372 e. The van der Waals surface area contributed by atoms with Gasteiger partial charge in [0.1, 0.15) is 22.4 Å². The second-order valence-electron chi connectivity index (χ2n) is 3.44. The van der Waals surface area contributed by atoms with E-state index in [0.29, 0.717) is 11.5 Å². The van der Waals surface area contributed by atoms with Crippen LogP contribution in [0.1, 0.15) is 0 Å². The molecule has 2 rings (SSSR count). The summed E-state index contributed by atoms with van der Waals surface area (Å²) in [6.45, 7) is 1.57. The van der Waals surface area contributed by atoms with Crippen LogP contribution < -0.4 is 10.2 Å². The molecule has 1 fully saturated rings. The minimum atomic E-state index is -0.664. The van der Waals surface area contributed by atoms with Crippen molar-refractivity contribution in [2.24, 2.45) is 0 Å². The summed E-state index contributed by atoms with van der Waals surface area (Å²) in [5, 5.41) is 3.00. The van der Waals surface area contributed by atoms with Gasteiger partial charge in [-0.05, 0) is 15.9 Å². The van der Waals surface area contributed by atoms with Gasteiger partial charge in [-0.3, -0.25) is 4.21 Å². The highest BCUT2D eigenvalue weighted by Gasteiger charge is 2.19. The van der Waals surface area contributed by atoms with Crippen LogP contribution in [0.3, 0.4) is 0 Å². The zero-order valence-corrected chi connectivity index (χ0v) is 11.3. The van der Waals surface area contributed by atoms with Crippen molar-refractivity contribution in [3.8, 4) is 0 Å². The molecule has 1 saturated heterocycles. The monoisotopic (exact) mass is 304 g/mol. The number of rotatable bonds is 2. The maximum atomic E-state index is 11.3. The van der Waals surface area contributed by atoms with Gasteiger partial charge in [-0.15, -0.1) is 0 Å². The molecule has 0 aliphatic carbocycles. The van der Waals surface area contributed by atoms with Crippen molar-refractivity contribution in [2.75, 3.05) is 41.9 Å². The van der Waals surface area contributed by atoms with E-state index in [0.717, 1.165) is 29.2 Å². The van der Waals surface area contributed by atoms with Gasteiger partial charge >= 0.3 is 0 Å². The molecule has 0 radical (unpaired) electrons. The van der Waals surface area contributed by atoms with Gasteiger partial charge in [-0.1, -0.05) is 0 Å². The molecule has 1 aromatic heterocycles. The lowest BCUT2D eigenvalue weighted by Gasteiger charge is -2.28. The Hall–Kier alpha value is -0.690. The number of hydrogen-bond acceptors (Lipinski definition) is 5. The van der Waals surface area contributed by atoms with Gasteiger partial charge in [0, 0.05) is 42.4 Å². The van der Waals surface area contributed by atoms with Crippen LogP contribution in [0.25, 0.3) is 0 Å². The lowest BCUT2D eigenvalue weighted by molar-refractivity contribution is 0.672. The van der Waals surface area contributed by atoms with Crippen molar-refractivity contribution in [3.63, 3.8) is 0 Å². The summed E-state index contributed by atoms with van der Waals surface area (Å²) in [7, 11) is 1.16. The van der Waals surface area contributed by atoms with E-state index in [9.17, 15) is 4.21 Å². The van der Waals surface area contributed by atoms with Gasteiger partial charge in [-0.2, -0.15) is 0 Å². The number of anilines is 2. The highest BCUT2D eigenvalue weighted by molar-refractivity contribution is 9.10. The van der Waals surface area contributed by atoms with E-state index in [1.165, 1.54) is 6.33 Å². The van der Waals surface area contributed by atoms with Crippen LogP contribution in [-0.4, -0.2) is 45.8 Å². The minimum Gasteiger partial charge on any atom is -0.372 e. The molecule has 7 heteroatoms. The van der Waals surface area contributed by atoms with Gasteiger partial charge in [0.05, 0.1) is 0 Å². The first-order valence-corrected chi connectivity index (χ1v) is 7.28. The predicted octanol–water partition coefficient (Wildman–Crippen LogP) is 0.849. The molecule has 0 unspecified atom stereocenters. The topological polar surface area (TPSA) is 58.1 Å². The molecule has 1 aliphatic heterocycles.